The number of carboxylic acid groups (broad SMARTS) is 1. The molecule has 0 spiro atoms. The Morgan fingerprint density at radius 2 is 1.70 bits per heavy atom. The second kappa shape index (κ2) is 7.77. The fourth-order valence-corrected chi connectivity index (χ4v) is 2.86. The van der Waals surface area contributed by atoms with Crippen molar-refractivity contribution in [3.63, 3.8) is 0 Å². The van der Waals surface area contributed by atoms with E-state index in [1.807, 2.05) is 42.6 Å². The maximum atomic E-state index is 11.3. The number of pyridine rings is 1. The zero-order valence-corrected chi connectivity index (χ0v) is 18.0. The summed E-state index contributed by atoms with van der Waals surface area (Å²) in [5.41, 5.74) is 1.74. The first-order valence-corrected chi connectivity index (χ1v) is 8.47. The fourth-order valence-electron chi connectivity index (χ4n) is 2.86. The first-order chi connectivity index (χ1) is 12.2. The number of para-hydroxylation sites is 1. The number of benzene rings is 1. The van der Waals surface area contributed by atoms with Gasteiger partial charge in [0.2, 0.25) is 0 Å². The number of hydrogen-bond donors (Lipinski definition) is 1. The molecule has 3 aromatic rings. The summed E-state index contributed by atoms with van der Waals surface area (Å²) in [7, 11) is 0. The predicted octanol–water partition coefficient (Wildman–Crippen LogP) is 4.02. The van der Waals surface area contributed by atoms with E-state index in [1.54, 1.807) is 10.7 Å². The summed E-state index contributed by atoms with van der Waals surface area (Å²) in [4.78, 5) is 15.6. The molecular weight excluding hydrogens is 521 g/mol. The van der Waals surface area contributed by atoms with Gasteiger partial charge >= 0.3 is 5.97 Å². The molecule has 0 radical (unpaired) electrons. The van der Waals surface area contributed by atoms with E-state index in [-0.39, 0.29) is 32.2 Å². The molecule has 0 fully saturated rings. The summed E-state index contributed by atoms with van der Waals surface area (Å²) in [6.45, 7) is 8.33. The third-order valence-corrected chi connectivity index (χ3v) is 5.34. The molecule has 0 unspecified atom stereocenters. The van der Waals surface area contributed by atoms with Crippen LogP contribution in [0.5, 0.6) is 0 Å². The van der Waals surface area contributed by atoms with Crippen molar-refractivity contribution in [3.8, 4) is 5.69 Å². The summed E-state index contributed by atoms with van der Waals surface area (Å²) in [5.74, 6) is -1.02. The molecule has 2 heterocycles. The molecule has 2 aromatic heterocycles. The van der Waals surface area contributed by atoms with Crippen LogP contribution in [-0.4, -0.2) is 25.8 Å². The number of nitrogens with zero attached hydrogens (tertiary/aromatic N) is 3. The van der Waals surface area contributed by atoms with Crippen LogP contribution in [0.15, 0.2) is 54.7 Å². The van der Waals surface area contributed by atoms with Crippen molar-refractivity contribution in [1.82, 2.24) is 14.8 Å². The number of aromatic nitrogens is 3. The second-order valence-corrected chi connectivity index (χ2v) is 7.36. The largest absolute Gasteiger partial charge is 0.477 e. The first kappa shape index (κ1) is 21.0. The summed E-state index contributed by atoms with van der Waals surface area (Å²) in [6.07, 6.45) is 1.92. The molecule has 0 atom stereocenters. The van der Waals surface area contributed by atoms with Crippen molar-refractivity contribution >= 4 is 5.97 Å². The number of hydrogen-bond acceptors (Lipinski definition) is 3. The van der Waals surface area contributed by atoms with E-state index < -0.39 is 11.4 Å². The Morgan fingerprint density at radius 1 is 1.00 bits per heavy atom. The second-order valence-electron chi connectivity index (χ2n) is 7.36. The summed E-state index contributed by atoms with van der Waals surface area (Å²) in [6, 6.07) is 17.9. The van der Waals surface area contributed by atoms with Gasteiger partial charge in [-0.1, -0.05) is 33.8 Å². The van der Waals surface area contributed by atoms with Crippen molar-refractivity contribution in [1.29, 1.82) is 0 Å². The number of carbonyl (C=O) groups is 1. The average Bonchev–Trinajstić information content (AvgIpc) is 3.13. The normalized spacial score (nSPS) is 11.7. The van der Waals surface area contributed by atoms with Crippen molar-refractivity contribution in [2.75, 3.05) is 0 Å². The molecule has 0 aliphatic carbocycles. The van der Waals surface area contributed by atoms with Crippen LogP contribution in [0.2, 0.25) is 0 Å². The molecule has 6 heteroatoms. The van der Waals surface area contributed by atoms with Gasteiger partial charge in [-0.3, -0.25) is 4.68 Å². The predicted molar refractivity (Wildman–Crippen MR) is 99.6 cm³/mol. The minimum absolute atomic E-state index is 0. The maximum Gasteiger partial charge on any atom is 0.354 e. The molecular formula is C21H22N3O2Pt-. The first-order valence-electron chi connectivity index (χ1n) is 8.47. The molecule has 0 aliphatic heterocycles. The Hall–Kier alpha value is -2.26. The van der Waals surface area contributed by atoms with E-state index >= 15 is 0 Å². The van der Waals surface area contributed by atoms with E-state index in [0.717, 1.165) is 17.1 Å². The van der Waals surface area contributed by atoms with Gasteiger partial charge < -0.3 is 5.11 Å². The number of rotatable bonds is 5. The van der Waals surface area contributed by atoms with Gasteiger partial charge in [0.1, 0.15) is 5.69 Å². The topological polar surface area (TPSA) is 68.0 Å². The molecule has 0 aliphatic rings. The average molecular weight is 544 g/mol. The van der Waals surface area contributed by atoms with Crippen LogP contribution in [0.1, 0.15) is 49.6 Å². The monoisotopic (exact) mass is 543 g/mol. The summed E-state index contributed by atoms with van der Waals surface area (Å²) in [5, 5.41) is 14.0. The molecule has 1 aromatic carbocycles. The molecule has 1 N–H and O–H groups in total. The van der Waals surface area contributed by atoms with E-state index in [9.17, 15) is 9.90 Å². The quantitative estimate of drug-likeness (QED) is 0.494. The van der Waals surface area contributed by atoms with Crippen molar-refractivity contribution in [2.24, 2.45) is 0 Å². The molecule has 5 nitrogen and oxygen atoms in total. The molecule has 0 bridgehead atoms. The van der Waals surface area contributed by atoms with E-state index in [1.165, 1.54) is 6.07 Å². The maximum absolute atomic E-state index is 11.3. The van der Waals surface area contributed by atoms with Crippen molar-refractivity contribution < 1.29 is 31.0 Å². The Morgan fingerprint density at radius 3 is 2.33 bits per heavy atom. The van der Waals surface area contributed by atoms with Crippen LogP contribution >= 0.6 is 0 Å². The van der Waals surface area contributed by atoms with Gasteiger partial charge in [-0.15, -0.1) is 6.07 Å². The fraction of sp³-hybridized carbons (Fsp3) is 0.286. The van der Waals surface area contributed by atoms with Gasteiger partial charge in [-0.2, -0.15) is 29.4 Å². The van der Waals surface area contributed by atoms with Gasteiger partial charge in [0.15, 0.2) is 0 Å². The Balaban J connectivity index is 0.00000261. The SMILES string of the molecule is CC(C)(c1cccc(C(=O)O)n1)C(C)(C)c1ccn(-c2[c-]cccc2)n1.[Pt]. The van der Waals surface area contributed by atoms with E-state index in [2.05, 4.69) is 38.7 Å². The number of carboxylic acids is 1. The van der Waals surface area contributed by atoms with Crippen LogP contribution in [0, 0.1) is 6.07 Å². The van der Waals surface area contributed by atoms with E-state index in [4.69, 9.17) is 5.10 Å². The molecule has 144 valence electrons. The third-order valence-electron chi connectivity index (χ3n) is 5.34. The molecule has 3 rings (SSSR count). The van der Waals surface area contributed by atoms with Crippen molar-refractivity contribution in [2.45, 2.75) is 38.5 Å². The van der Waals surface area contributed by atoms with Gasteiger partial charge in [0.05, 0.1) is 5.69 Å². The Bertz CT molecular complexity index is 933. The van der Waals surface area contributed by atoms with Gasteiger partial charge in [0.25, 0.3) is 0 Å². The third kappa shape index (κ3) is 3.88. The van der Waals surface area contributed by atoms with Crippen LogP contribution in [0.4, 0.5) is 0 Å². The standard InChI is InChI=1S/C21H22N3O2.Pt/c1-20(2,17-12-8-11-16(22-17)19(25)26)21(3,4)18-13-14-24(23-18)15-9-6-5-7-10-15;/h5-9,11-14H,1-4H3,(H,25,26);/q-1;. The van der Waals surface area contributed by atoms with Gasteiger partial charge in [0, 0.05) is 43.8 Å². The van der Waals surface area contributed by atoms with Crippen LogP contribution in [0.3, 0.4) is 0 Å². The Kier molecular flexibility index (Phi) is 6.06. The van der Waals surface area contributed by atoms with Gasteiger partial charge in [-0.25, -0.2) is 9.78 Å². The Labute approximate surface area is 173 Å². The minimum Gasteiger partial charge on any atom is -0.477 e. The van der Waals surface area contributed by atoms with Crippen LogP contribution < -0.4 is 0 Å². The molecule has 27 heavy (non-hydrogen) atoms. The van der Waals surface area contributed by atoms with Crippen molar-refractivity contribution in [3.05, 3.63) is 77.9 Å². The smallest absolute Gasteiger partial charge is 0.354 e. The number of aromatic carboxylic acids is 1. The molecule has 0 amide bonds. The van der Waals surface area contributed by atoms with Crippen LogP contribution in [-0.2, 0) is 31.9 Å². The minimum atomic E-state index is -1.02. The molecule has 0 saturated carbocycles. The molecule has 0 saturated heterocycles. The zero-order chi connectivity index (χ0) is 18.9. The summed E-state index contributed by atoms with van der Waals surface area (Å²) >= 11 is 0. The van der Waals surface area contributed by atoms with Gasteiger partial charge in [-0.05, 0) is 23.9 Å². The summed E-state index contributed by atoms with van der Waals surface area (Å²) < 4.78 is 1.80. The zero-order valence-electron chi connectivity index (χ0n) is 15.7. The van der Waals surface area contributed by atoms with Crippen LogP contribution in [0.25, 0.3) is 5.69 Å². The van der Waals surface area contributed by atoms with E-state index in [0.29, 0.717) is 0 Å².